The number of rotatable bonds is 10. The van der Waals surface area contributed by atoms with Gasteiger partial charge < -0.3 is 10.1 Å². The van der Waals surface area contributed by atoms with E-state index in [0.29, 0.717) is 6.04 Å². The Labute approximate surface area is 114 Å². The first-order valence-electron chi connectivity index (χ1n) is 8.10. The average molecular weight is 255 g/mol. The zero-order valence-electron chi connectivity index (χ0n) is 12.8. The predicted molar refractivity (Wildman–Crippen MR) is 79.0 cm³/mol. The lowest BCUT2D eigenvalue weighted by atomic mass is 9.89. The number of unbranched alkanes of at least 4 members (excludes halogenated alkanes) is 5. The van der Waals surface area contributed by atoms with Crippen LogP contribution in [-0.4, -0.2) is 24.8 Å². The van der Waals surface area contributed by atoms with E-state index in [1.54, 1.807) is 0 Å². The minimum atomic E-state index is 0.0967. The van der Waals surface area contributed by atoms with Crippen LogP contribution in [0.3, 0.4) is 0 Å². The Morgan fingerprint density at radius 3 is 2.44 bits per heavy atom. The van der Waals surface area contributed by atoms with Crippen molar-refractivity contribution in [1.29, 1.82) is 0 Å². The lowest BCUT2D eigenvalue weighted by Gasteiger charge is -2.34. The van der Waals surface area contributed by atoms with E-state index in [1.165, 1.54) is 57.8 Å². The van der Waals surface area contributed by atoms with Crippen molar-refractivity contribution in [2.24, 2.45) is 0 Å². The second-order valence-corrected chi connectivity index (χ2v) is 5.93. The Hall–Kier alpha value is -0.0800. The highest BCUT2D eigenvalue weighted by atomic mass is 16.5. The fraction of sp³-hybridized carbons (Fsp3) is 1.00. The van der Waals surface area contributed by atoms with E-state index in [0.717, 1.165) is 13.2 Å². The molecule has 18 heavy (non-hydrogen) atoms. The number of hydrogen-bond acceptors (Lipinski definition) is 2. The highest BCUT2D eigenvalue weighted by Gasteiger charge is 2.37. The molecule has 108 valence electrons. The highest BCUT2D eigenvalue weighted by Crippen LogP contribution is 2.31. The standard InChI is InChI=1S/C16H33NO/c1-4-6-7-8-9-10-12-15(17-5-2)16(3)13-11-14-18-16/h15,17H,4-14H2,1-3H3. The minimum absolute atomic E-state index is 0.0967. The van der Waals surface area contributed by atoms with E-state index in [4.69, 9.17) is 4.74 Å². The molecule has 0 aromatic rings. The van der Waals surface area contributed by atoms with Crippen LogP contribution in [0.1, 0.15) is 78.6 Å². The van der Waals surface area contributed by atoms with Crippen LogP contribution in [0.25, 0.3) is 0 Å². The second kappa shape index (κ2) is 8.92. The van der Waals surface area contributed by atoms with Crippen molar-refractivity contribution in [3.8, 4) is 0 Å². The Morgan fingerprint density at radius 1 is 1.11 bits per heavy atom. The molecule has 0 aromatic heterocycles. The van der Waals surface area contributed by atoms with Crippen molar-refractivity contribution < 1.29 is 4.74 Å². The third-order valence-electron chi connectivity index (χ3n) is 4.28. The maximum absolute atomic E-state index is 5.99. The second-order valence-electron chi connectivity index (χ2n) is 5.93. The van der Waals surface area contributed by atoms with Gasteiger partial charge in [0.25, 0.3) is 0 Å². The SMILES string of the molecule is CCCCCCCCC(NCC)C1(C)CCCO1. The zero-order chi connectivity index (χ0) is 13.3. The normalized spacial score (nSPS) is 25.5. The van der Waals surface area contributed by atoms with E-state index in [1.807, 2.05) is 0 Å². The summed E-state index contributed by atoms with van der Waals surface area (Å²) in [6.45, 7) is 8.78. The van der Waals surface area contributed by atoms with Crippen molar-refractivity contribution in [1.82, 2.24) is 5.32 Å². The van der Waals surface area contributed by atoms with Gasteiger partial charge in [-0.2, -0.15) is 0 Å². The summed E-state index contributed by atoms with van der Waals surface area (Å²) >= 11 is 0. The molecule has 2 nitrogen and oxygen atoms in total. The van der Waals surface area contributed by atoms with Gasteiger partial charge in [0.2, 0.25) is 0 Å². The van der Waals surface area contributed by atoms with Crippen LogP contribution < -0.4 is 5.32 Å². The summed E-state index contributed by atoms with van der Waals surface area (Å²) in [5.41, 5.74) is 0.0967. The van der Waals surface area contributed by atoms with Crippen LogP contribution in [0.15, 0.2) is 0 Å². The summed E-state index contributed by atoms with van der Waals surface area (Å²) in [4.78, 5) is 0. The summed E-state index contributed by atoms with van der Waals surface area (Å²) in [7, 11) is 0. The molecule has 0 saturated carbocycles. The molecule has 2 atom stereocenters. The van der Waals surface area contributed by atoms with Gasteiger partial charge in [0.05, 0.1) is 5.60 Å². The minimum Gasteiger partial charge on any atom is -0.374 e. The average Bonchev–Trinajstić information content (AvgIpc) is 2.80. The molecule has 0 spiro atoms. The van der Waals surface area contributed by atoms with Gasteiger partial charge in [-0.1, -0.05) is 52.4 Å². The highest BCUT2D eigenvalue weighted by molar-refractivity contribution is 4.92. The third kappa shape index (κ3) is 5.27. The molecule has 1 N–H and O–H groups in total. The van der Waals surface area contributed by atoms with E-state index in [9.17, 15) is 0 Å². The molecule has 1 rings (SSSR count). The summed E-state index contributed by atoms with van der Waals surface area (Å²) in [5.74, 6) is 0. The first-order chi connectivity index (χ1) is 8.73. The summed E-state index contributed by atoms with van der Waals surface area (Å²) in [6, 6.07) is 0.552. The molecule has 1 fully saturated rings. The lowest BCUT2D eigenvalue weighted by molar-refractivity contribution is -0.0140. The van der Waals surface area contributed by atoms with Crippen LogP contribution in [0.4, 0.5) is 0 Å². The molecule has 2 heteroatoms. The fourth-order valence-corrected chi connectivity index (χ4v) is 3.07. The van der Waals surface area contributed by atoms with Crippen LogP contribution in [0.2, 0.25) is 0 Å². The number of hydrogen-bond donors (Lipinski definition) is 1. The molecule has 1 saturated heterocycles. The third-order valence-corrected chi connectivity index (χ3v) is 4.28. The zero-order valence-corrected chi connectivity index (χ0v) is 12.8. The van der Waals surface area contributed by atoms with E-state index >= 15 is 0 Å². The summed E-state index contributed by atoms with van der Waals surface area (Å²) in [5, 5.41) is 3.64. The van der Waals surface area contributed by atoms with E-state index < -0.39 is 0 Å². The largest absolute Gasteiger partial charge is 0.374 e. The predicted octanol–water partition coefficient (Wildman–Crippen LogP) is 4.28. The van der Waals surface area contributed by atoms with E-state index in [2.05, 4.69) is 26.1 Å². The van der Waals surface area contributed by atoms with Gasteiger partial charge in [0, 0.05) is 12.6 Å². The Morgan fingerprint density at radius 2 is 1.83 bits per heavy atom. The van der Waals surface area contributed by atoms with Crippen molar-refractivity contribution in [3.05, 3.63) is 0 Å². The van der Waals surface area contributed by atoms with Crippen LogP contribution in [0.5, 0.6) is 0 Å². The van der Waals surface area contributed by atoms with Crippen LogP contribution in [0, 0.1) is 0 Å². The molecule has 2 unspecified atom stereocenters. The van der Waals surface area contributed by atoms with Gasteiger partial charge in [-0.15, -0.1) is 0 Å². The first kappa shape index (κ1) is 16.0. The molecule has 0 radical (unpaired) electrons. The molecule has 1 aliphatic heterocycles. The molecule has 1 aliphatic rings. The van der Waals surface area contributed by atoms with Gasteiger partial charge in [0.15, 0.2) is 0 Å². The van der Waals surface area contributed by atoms with Crippen molar-refractivity contribution in [2.75, 3.05) is 13.2 Å². The number of ether oxygens (including phenoxy) is 1. The van der Waals surface area contributed by atoms with Gasteiger partial charge in [0.1, 0.15) is 0 Å². The number of likely N-dealkylation sites (N-methyl/N-ethyl adjacent to an activating group) is 1. The maximum atomic E-state index is 5.99. The molecule has 0 aromatic carbocycles. The fourth-order valence-electron chi connectivity index (χ4n) is 3.07. The maximum Gasteiger partial charge on any atom is 0.0807 e. The monoisotopic (exact) mass is 255 g/mol. The molecular formula is C16H33NO. The van der Waals surface area contributed by atoms with Crippen LogP contribution in [-0.2, 0) is 4.74 Å². The molecule has 0 amide bonds. The van der Waals surface area contributed by atoms with Crippen molar-refractivity contribution >= 4 is 0 Å². The van der Waals surface area contributed by atoms with Gasteiger partial charge in [-0.3, -0.25) is 0 Å². The van der Waals surface area contributed by atoms with Crippen molar-refractivity contribution in [2.45, 2.75) is 90.2 Å². The van der Waals surface area contributed by atoms with Crippen LogP contribution >= 0.6 is 0 Å². The molecule has 0 aliphatic carbocycles. The molecule has 1 heterocycles. The Bertz CT molecular complexity index is 199. The smallest absolute Gasteiger partial charge is 0.0807 e. The Balaban J connectivity index is 2.21. The number of nitrogens with one attached hydrogen (secondary N) is 1. The molecule has 0 bridgehead atoms. The van der Waals surface area contributed by atoms with Crippen molar-refractivity contribution in [3.63, 3.8) is 0 Å². The molecular weight excluding hydrogens is 222 g/mol. The Kier molecular flexibility index (Phi) is 7.92. The first-order valence-corrected chi connectivity index (χ1v) is 8.10. The quantitative estimate of drug-likeness (QED) is 0.588. The lowest BCUT2D eigenvalue weighted by Crippen LogP contribution is -2.48. The van der Waals surface area contributed by atoms with E-state index in [-0.39, 0.29) is 5.60 Å². The van der Waals surface area contributed by atoms with Gasteiger partial charge in [-0.25, -0.2) is 0 Å². The van der Waals surface area contributed by atoms with Gasteiger partial charge >= 0.3 is 0 Å². The summed E-state index contributed by atoms with van der Waals surface area (Å²) in [6.07, 6.45) is 12.0. The topological polar surface area (TPSA) is 21.3 Å². The van der Waals surface area contributed by atoms with Gasteiger partial charge in [-0.05, 0) is 32.7 Å². The summed E-state index contributed by atoms with van der Waals surface area (Å²) < 4.78 is 5.99.